The average Bonchev–Trinajstić information content (AvgIpc) is 3.67. The normalized spacial score (nSPS) is 11.6. The quantitative estimate of drug-likeness (QED) is 0.203. The van der Waals surface area contributed by atoms with Gasteiger partial charge in [0.05, 0.1) is 5.69 Å². The van der Waals surface area contributed by atoms with Gasteiger partial charge in [0, 0.05) is 40.1 Å². The molecular formula is C40H25N3O2. The van der Waals surface area contributed by atoms with E-state index in [0.717, 1.165) is 77.9 Å². The van der Waals surface area contributed by atoms with Crippen LogP contribution in [0.15, 0.2) is 161 Å². The molecule has 0 aliphatic carbocycles. The van der Waals surface area contributed by atoms with E-state index >= 15 is 0 Å². The van der Waals surface area contributed by atoms with E-state index in [0.29, 0.717) is 0 Å². The van der Waals surface area contributed by atoms with Gasteiger partial charge in [-0.05, 0) is 89.5 Å². The van der Waals surface area contributed by atoms with Crippen molar-refractivity contribution < 1.29 is 8.83 Å². The molecule has 9 aromatic rings. The SMILES string of the molecule is c1ccc(-c2ccc(N(c3ccc4oc5cccnc5c4c3)c3ccc4oc5cccnc5c4c3)c(-c3ccccc3)c2)cc1. The van der Waals surface area contributed by atoms with Crippen molar-refractivity contribution >= 4 is 61.2 Å². The van der Waals surface area contributed by atoms with Crippen LogP contribution in [0, 0.1) is 0 Å². The molecule has 4 heterocycles. The lowest BCUT2D eigenvalue weighted by atomic mass is 9.96. The highest BCUT2D eigenvalue weighted by Gasteiger charge is 2.21. The molecule has 5 aromatic carbocycles. The molecule has 0 aliphatic heterocycles. The molecule has 212 valence electrons. The van der Waals surface area contributed by atoms with E-state index in [1.54, 1.807) is 0 Å². The van der Waals surface area contributed by atoms with Gasteiger partial charge in [0.1, 0.15) is 22.2 Å². The third kappa shape index (κ3) is 4.25. The van der Waals surface area contributed by atoms with Crippen molar-refractivity contribution in [1.82, 2.24) is 9.97 Å². The Morgan fingerprint density at radius 2 is 0.978 bits per heavy atom. The summed E-state index contributed by atoms with van der Waals surface area (Å²) in [4.78, 5) is 11.6. The Morgan fingerprint density at radius 1 is 0.422 bits per heavy atom. The number of benzene rings is 5. The van der Waals surface area contributed by atoms with Crippen molar-refractivity contribution in [1.29, 1.82) is 0 Å². The van der Waals surface area contributed by atoms with Gasteiger partial charge in [-0.15, -0.1) is 0 Å². The summed E-state index contributed by atoms with van der Waals surface area (Å²) in [6, 6.07) is 48.1. The van der Waals surface area contributed by atoms with Crippen molar-refractivity contribution in [2.45, 2.75) is 0 Å². The maximum Gasteiger partial charge on any atom is 0.153 e. The second-order valence-electron chi connectivity index (χ2n) is 11.1. The number of fused-ring (bicyclic) bond motifs is 6. The maximum atomic E-state index is 6.15. The van der Waals surface area contributed by atoms with Gasteiger partial charge < -0.3 is 13.7 Å². The van der Waals surface area contributed by atoms with Crippen LogP contribution in [0.3, 0.4) is 0 Å². The third-order valence-electron chi connectivity index (χ3n) is 8.36. The van der Waals surface area contributed by atoms with Crippen molar-refractivity contribution in [2.75, 3.05) is 4.90 Å². The molecule has 0 unspecified atom stereocenters. The minimum absolute atomic E-state index is 0.769. The van der Waals surface area contributed by atoms with Gasteiger partial charge >= 0.3 is 0 Å². The van der Waals surface area contributed by atoms with Crippen LogP contribution in [0.5, 0.6) is 0 Å². The van der Waals surface area contributed by atoms with Crippen LogP contribution >= 0.6 is 0 Å². The summed E-state index contributed by atoms with van der Waals surface area (Å²) in [6.07, 6.45) is 3.62. The van der Waals surface area contributed by atoms with Crippen molar-refractivity contribution in [3.8, 4) is 22.3 Å². The van der Waals surface area contributed by atoms with Crippen LogP contribution in [-0.2, 0) is 0 Å². The Bertz CT molecular complexity index is 2380. The summed E-state index contributed by atoms with van der Waals surface area (Å²) in [5, 5.41) is 1.93. The Labute approximate surface area is 258 Å². The largest absolute Gasteiger partial charge is 0.454 e. The van der Waals surface area contributed by atoms with E-state index in [4.69, 9.17) is 8.83 Å². The number of hydrogen-bond acceptors (Lipinski definition) is 5. The zero-order valence-electron chi connectivity index (χ0n) is 24.1. The molecule has 0 fully saturated rings. The zero-order chi connectivity index (χ0) is 29.7. The predicted molar refractivity (Wildman–Crippen MR) is 182 cm³/mol. The number of aromatic nitrogens is 2. The van der Waals surface area contributed by atoms with Crippen LogP contribution in [0.25, 0.3) is 66.4 Å². The Morgan fingerprint density at radius 3 is 1.56 bits per heavy atom. The first-order valence-corrected chi connectivity index (χ1v) is 14.9. The molecule has 5 heteroatoms. The molecule has 0 amide bonds. The molecule has 0 bridgehead atoms. The number of pyridine rings is 2. The number of hydrogen-bond donors (Lipinski definition) is 0. The fraction of sp³-hybridized carbons (Fsp3) is 0. The van der Waals surface area contributed by atoms with E-state index in [2.05, 4.69) is 112 Å². The second kappa shape index (κ2) is 10.2. The monoisotopic (exact) mass is 579 g/mol. The van der Waals surface area contributed by atoms with Crippen LogP contribution in [0.1, 0.15) is 0 Å². The molecule has 0 aliphatic rings. The van der Waals surface area contributed by atoms with Gasteiger partial charge in [-0.3, -0.25) is 9.97 Å². The fourth-order valence-corrected chi connectivity index (χ4v) is 6.27. The van der Waals surface area contributed by atoms with Crippen LogP contribution in [0.4, 0.5) is 17.1 Å². The Hall–Kier alpha value is -6.20. The molecule has 0 saturated carbocycles. The summed E-state index contributed by atoms with van der Waals surface area (Å²) in [6.45, 7) is 0. The Kier molecular flexibility index (Phi) is 5.74. The first-order chi connectivity index (χ1) is 22.3. The standard InChI is InChI=1S/C40H25N3O2/c1-3-9-26(10-4-1)28-15-18-34(31(23-28)27-11-5-2-6-12-27)43(29-16-19-35-32(24-29)39-37(44-35)13-7-21-41-39)30-17-20-36-33(25-30)40-38(45-36)14-8-22-42-40/h1-25H. The molecule has 0 atom stereocenters. The summed E-state index contributed by atoms with van der Waals surface area (Å²) < 4.78 is 12.3. The van der Waals surface area contributed by atoms with Gasteiger partial charge in [-0.25, -0.2) is 0 Å². The fourth-order valence-electron chi connectivity index (χ4n) is 6.27. The summed E-state index contributed by atoms with van der Waals surface area (Å²) in [7, 11) is 0. The molecule has 0 N–H and O–H groups in total. The van der Waals surface area contributed by atoms with E-state index in [1.165, 1.54) is 5.56 Å². The molecule has 5 nitrogen and oxygen atoms in total. The predicted octanol–water partition coefficient (Wildman–Crippen LogP) is 11.1. The number of anilines is 3. The smallest absolute Gasteiger partial charge is 0.153 e. The van der Waals surface area contributed by atoms with Gasteiger partial charge in [-0.1, -0.05) is 66.7 Å². The lowest BCUT2D eigenvalue weighted by Gasteiger charge is -2.28. The van der Waals surface area contributed by atoms with E-state index < -0.39 is 0 Å². The average molecular weight is 580 g/mol. The Balaban J connectivity index is 1.33. The lowest BCUT2D eigenvalue weighted by Crippen LogP contribution is -2.11. The van der Waals surface area contributed by atoms with Gasteiger partial charge in [-0.2, -0.15) is 0 Å². The maximum absolute atomic E-state index is 6.15. The van der Waals surface area contributed by atoms with Crippen molar-refractivity contribution in [2.24, 2.45) is 0 Å². The summed E-state index contributed by atoms with van der Waals surface area (Å²) in [5.74, 6) is 0. The minimum Gasteiger partial charge on any atom is -0.454 e. The summed E-state index contributed by atoms with van der Waals surface area (Å²) >= 11 is 0. The number of rotatable bonds is 5. The molecule has 9 rings (SSSR count). The third-order valence-corrected chi connectivity index (χ3v) is 8.36. The van der Waals surface area contributed by atoms with Gasteiger partial charge in [0.25, 0.3) is 0 Å². The number of nitrogens with zero attached hydrogens (tertiary/aromatic N) is 3. The van der Waals surface area contributed by atoms with E-state index in [-0.39, 0.29) is 0 Å². The topological polar surface area (TPSA) is 55.3 Å². The van der Waals surface area contributed by atoms with Crippen LogP contribution < -0.4 is 4.90 Å². The molecular weight excluding hydrogens is 554 g/mol. The molecule has 0 spiro atoms. The highest BCUT2D eigenvalue weighted by atomic mass is 16.3. The number of furan rings is 2. The molecule has 0 saturated heterocycles. The zero-order valence-corrected chi connectivity index (χ0v) is 24.1. The van der Waals surface area contributed by atoms with Crippen molar-refractivity contribution in [3.63, 3.8) is 0 Å². The van der Waals surface area contributed by atoms with Gasteiger partial charge in [0.15, 0.2) is 11.2 Å². The summed E-state index contributed by atoms with van der Waals surface area (Å²) in [5.41, 5.74) is 12.4. The lowest BCUT2D eigenvalue weighted by molar-refractivity contribution is 0.668. The highest BCUT2D eigenvalue weighted by Crippen LogP contribution is 2.45. The van der Waals surface area contributed by atoms with Gasteiger partial charge in [0.2, 0.25) is 0 Å². The first-order valence-electron chi connectivity index (χ1n) is 14.9. The van der Waals surface area contributed by atoms with E-state index in [1.807, 2.05) is 54.9 Å². The molecule has 0 radical (unpaired) electrons. The van der Waals surface area contributed by atoms with Crippen molar-refractivity contribution in [3.05, 3.63) is 152 Å². The molecule has 4 aromatic heterocycles. The van der Waals surface area contributed by atoms with Crippen LogP contribution in [-0.4, -0.2) is 9.97 Å². The second-order valence-corrected chi connectivity index (χ2v) is 11.1. The minimum atomic E-state index is 0.769. The van der Waals surface area contributed by atoms with E-state index in [9.17, 15) is 0 Å². The van der Waals surface area contributed by atoms with Crippen LogP contribution in [0.2, 0.25) is 0 Å². The highest BCUT2D eigenvalue weighted by molar-refractivity contribution is 6.07. The molecule has 45 heavy (non-hydrogen) atoms. The first kappa shape index (κ1) is 25.3.